The van der Waals surface area contributed by atoms with Crippen LogP contribution in [-0.2, 0) is 4.79 Å². The summed E-state index contributed by atoms with van der Waals surface area (Å²) in [6.07, 6.45) is 0. The Labute approximate surface area is 91.9 Å². The normalized spacial score (nSPS) is 10.1. The van der Waals surface area contributed by atoms with Gasteiger partial charge in [0.1, 0.15) is 5.52 Å². The maximum Gasteiger partial charge on any atom is 0.329 e. The van der Waals surface area contributed by atoms with Crippen LogP contribution in [0, 0.1) is 18.3 Å². The van der Waals surface area contributed by atoms with E-state index in [1.54, 1.807) is 38.2 Å². The summed E-state index contributed by atoms with van der Waals surface area (Å²) in [5, 5.41) is 8.51. The molecule has 0 atom stereocenters. The molecule has 0 aliphatic heterocycles. The molecule has 2 aromatic rings. The van der Waals surface area contributed by atoms with Crippen LogP contribution >= 0.6 is 0 Å². The Balaban J connectivity index is 2.47. The molecule has 1 amide bonds. The van der Waals surface area contributed by atoms with Gasteiger partial charge in [-0.15, -0.1) is 0 Å². The molecule has 0 bridgehead atoms. The van der Waals surface area contributed by atoms with Gasteiger partial charge < -0.3 is 9.32 Å². The van der Waals surface area contributed by atoms with Crippen LogP contribution in [0.5, 0.6) is 0 Å². The van der Waals surface area contributed by atoms with E-state index >= 15 is 0 Å². The van der Waals surface area contributed by atoms with Crippen molar-refractivity contribution in [1.82, 2.24) is 4.98 Å². The summed E-state index contributed by atoms with van der Waals surface area (Å²) >= 11 is 0. The Morgan fingerprint density at radius 3 is 3.00 bits per heavy atom. The zero-order valence-electron chi connectivity index (χ0n) is 8.89. The van der Waals surface area contributed by atoms with Gasteiger partial charge in [-0.3, -0.25) is 4.79 Å². The number of nitriles is 1. The number of rotatable bonds is 1. The Morgan fingerprint density at radius 2 is 2.31 bits per heavy atom. The van der Waals surface area contributed by atoms with E-state index in [-0.39, 0.29) is 0 Å². The van der Waals surface area contributed by atoms with Crippen LogP contribution in [0.4, 0.5) is 5.69 Å². The van der Waals surface area contributed by atoms with Gasteiger partial charge in [0, 0.05) is 19.7 Å². The van der Waals surface area contributed by atoms with E-state index in [9.17, 15) is 4.79 Å². The fraction of sp³-hybridized carbons (Fsp3) is 0.182. The Bertz CT molecular complexity index is 595. The van der Waals surface area contributed by atoms with E-state index < -0.39 is 5.91 Å². The first-order valence-electron chi connectivity index (χ1n) is 4.67. The monoisotopic (exact) mass is 215 g/mol. The van der Waals surface area contributed by atoms with Gasteiger partial charge in [-0.1, -0.05) is 0 Å². The molecule has 0 fully saturated rings. The van der Waals surface area contributed by atoms with Crippen molar-refractivity contribution < 1.29 is 9.21 Å². The SMILES string of the molecule is Cc1nc2cc(N(C)C(=O)C#N)ccc2o1. The van der Waals surface area contributed by atoms with Gasteiger partial charge in [-0.25, -0.2) is 4.98 Å². The highest BCUT2D eigenvalue weighted by atomic mass is 16.3. The first kappa shape index (κ1) is 10.2. The van der Waals surface area contributed by atoms with E-state index in [1.165, 1.54) is 4.90 Å². The standard InChI is InChI=1S/C11H9N3O2/c1-7-13-9-5-8(3-4-10(9)16-7)14(2)11(15)6-12/h3-5H,1-2H3. The molecule has 0 aliphatic rings. The van der Waals surface area contributed by atoms with E-state index in [0.717, 1.165) is 0 Å². The second kappa shape index (κ2) is 3.66. The van der Waals surface area contributed by atoms with Gasteiger partial charge in [-0.2, -0.15) is 5.26 Å². The highest BCUT2D eigenvalue weighted by molar-refractivity contribution is 6.04. The van der Waals surface area contributed by atoms with Crippen LogP contribution in [-0.4, -0.2) is 17.9 Å². The van der Waals surface area contributed by atoms with Gasteiger partial charge >= 0.3 is 5.91 Å². The summed E-state index contributed by atoms with van der Waals surface area (Å²) in [6, 6.07) is 6.71. The lowest BCUT2D eigenvalue weighted by atomic mass is 10.2. The van der Waals surface area contributed by atoms with Crippen LogP contribution in [0.2, 0.25) is 0 Å². The number of oxazole rings is 1. The zero-order chi connectivity index (χ0) is 11.7. The number of benzene rings is 1. The van der Waals surface area contributed by atoms with Crippen LogP contribution in [0.3, 0.4) is 0 Å². The molecule has 0 spiro atoms. The van der Waals surface area contributed by atoms with Crippen molar-refractivity contribution in [3.63, 3.8) is 0 Å². The first-order chi connectivity index (χ1) is 7.61. The molecule has 1 heterocycles. The van der Waals surface area contributed by atoms with Crippen LogP contribution in [0.25, 0.3) is 11.1 Å². The molecular weight excluding hydrogens is 206 g/mol. The number of anilines is 1. The number of carbonyl (C=O) groups is 1. The summed E-state index contributed by atoms with van der Waals surface area (Å²) in [5.41, 5.74) is 1.96. The lowest BCUT2D eigenvalue weighted by Gasteiger charge is -2.12. The third-order valence-electron chi connectivity index (χ3n) is 2.27. The van der Waals surface area contributed by atoms with Gasteiger partial charge in [0.25, 0.3) is 0 Å². The fourth-order valence-corrected chi connectivity index (χ4v) is 1.43. The van der Waals surface area contributed by atoms with Gasteiger partial charge in [-0.05, 0) is 18.2 Å². The number of aryl methyl sites for hydroxylation is 1. The maximum atomic E-state index is 11.2. The van der Waals surface area contributed by atoms with E-state index in [4.69, 9.17) is 9.68 Å². The van der Waals surface area contributed by atoms with Crippen molar-refractivity contribution in [3.8, 4) is 6.07 Å². The van der Waals surface area contributed by atoms with E-state index in [1.807, 2.05) is 0 Å². The molecule has 0 unspecified atom stereocenters. The maximum absolute atomic E-state index is 11.2. The molecular formula is C11H9N3O2. The molecule has 5 heteroatoms. The van der Waals surface area contributed by atoms with Crippen LogP contribution in [0.15, 0.2) is 22.6 Å². The molecule has 0 saturated carbocycles. The van der Waals surface area contributed by atoms with Gasteiger partial charge in [0.05, 0.1) is 0 Å². The number of hydrogen-bond acceptors (Lipinski definition) is 4. The van der Waals surface area contributed by atoms with E-state index in [2.05, 4.69) is 4.98 Å². The van der Waals surface area contributed by atoms with Gasteiger partial charge in [0.2, 0.25) is 0 Å². The summed E-state index contributed by atoms with van der Waals surface area (Å²) < 4.78 is 5.31. The largest absolute Gasteiger partial charge is 0.441 e. The molecule has 1 aromatic carbocycles. The number of hydrogen-bond donors (Lipinski definition) is 0. The van der Waals surface area contributed by atoms with Gasteiger partial charge in [0.15, 0.2) is 17.5 Å². The fourth-order valence-electron chi connectivity index (χ4n) is 1.43. The van der Waals surface area contributed by atoms with Crippen molar-refractivity contribution in [2.75, 3.05) is 11.9 Å². The molecule has 2 rings (SSSR count). The second-order valence-electron chi connectivity index (χ2n) is 3.36. The zero-order valence-corrected chi connectivity index (χ0v) is 8.89. The lowest BCUT2D eigenvalue weighted by Crippen LogP contribution is -2.24. The lowest BCUT2D eigenvalue weighted by molar-refractivity contribution is -0.113. The molecule has 5 nitrogen and oxygen atoms in total. The number of aromatic nitrogens is 1. The van der Waals surface area contributed by atoms with Crippen molar-refractivity contribution in [1.29, 1.82) is 5.26 Å². The molecule has 0 saturated heterocycles. The Morgan fingerprint density at radius 1 is 1.56 bits per heavy atom. The summed E-state index contributed by atoms with van der Waals surface area (Å²) in [6.45, 7) is 1.75. The third kappa shape index (κ3) is 1.61. The summed E-state index contributed by atoms with van der Waals surface area (Å²) in [4.78, 5) is 16.6. The number of nitrogens with zero attached hydrogens (tertiary/aromatic N) is 3. The molecule has 0 radical (unpaired) electrons. The Kier molecular flexibility index (Phi) is 2.33. The Hall–Kier alpha value is -2.35. The van der Waals surface area contributed by atoms with Crippen molar-refractivity contribution >= 4 is 22.7 Å². The molecule has 16 heavy (non-hydrogen) atoms. The smallest absolute Gasteiger partial charge is 0.329 e. The molecule has 80 valence electrons. The number of carbonyl (C=O) groups excluding carboxylic acids is 1. The minimum Gasteiger partial charge on any atom is -0.441 e. The van der Waals surface area contributed by atoms with E-state index in [0.29, 0.717) is 22.7 Å². The van der Waals surface area contributed by atoms with Crippen molar-refractivity contribution in [3.05, 3.63) is 24.1 Å². The topological polar surface area (TPSA) is 70.1 Å². The number of fused-ring (bicyclic) bond motifs is 1. The van der Waals surface area contributed by atoms with Crippen LogP contribution in [0.1, 0.15) is 5.89 Å². The summed E-state index contributed by atoms with van der Waals surface area (Å²) in [7, 11) is 1.54. The minimum absolute atomic E-state index is 0.571. The van der Waals surface area contributed by atoms with Crippen molar-refractivity contribution in [2.45, 2.75) is 6.92 Å². The number of amides is 1. The third-order valence-corrected chi connectivity index (χ3v) is 2.27. The first-order valence-corrected chi connectivity index (χ1v) is 4.67. The van der Waals surface area contributed by atoms with Crippen molar-refractivity contribution in [2.24, 2.45) is 0 Å². The predicted molar refractivity (Wildman–Crippen MR) is 57.8 cm³/mol. The quantitative estimate of drug-likeness (QED) is 0.678. The predicted octanol–water partition coefficient (Wildman–Crippen LogP) is 1.62. The molecule has 1 aromatic heterocycles. The minimum atomic E-state index is -0.612. The second-order valence-corrected chi connectivity index (χ2v) is 3.36. The highest BCUT2D eigenvalue weighted by Crippen LogP contribution is 2.21. The molecule has 0 N–H and O–H groups in total. The average Bonchev–Trinajstić information content (AvgIpc) is 2.65. The molecule has 0 aliphatic carbocycles. The van der Waals surface area contributed by atoms with Crippen LogP contribution < -0.4 is 4.90 Å². The average molecular weight is 215 g/mol. The highest BCUT2D eigenvalue weighted by Gasteiger charge is 2.11. The summed E-state index contributed by atoms with van der Waals surface area (Å²) in [5.74, 6) is -0.0408.